The highest BCUT2D eigenvalue weighted by molar-refractivity contribution is 5.03. The number of rotatable bonds is 6. The monoisotopic (exact) mass is 210 g/mol. The molecule has 0 fully saturated rings. The van der Waals surface area contributed by atoms with Gasteiger partial charge in [0.2, 0.25) is 0 Å². The van der Waals surface area contributed by atoms with E-state index in [2.05, 4.69) is 36.8 Å². The Labute approximate surface area is 92.1 Å². The lowest BCUT2D eigenvalue weighted by Crippen LogP contribution is -2.35. The number of nitrogens with zero attached hydrogens (tertiary/aromatic N) is 1. The molecule has 2 N–H and O–H groups in total. The molecule has 1 aromatic heterocycles. The topological polar surface area (TPSA) is 39.3 Å². The quantitative estimate of drug-likeness (QED) is 0.747. The molecule has 0 radical (unpaired) electrons. The second-order valence-corrected chi connectivity index (χ2v) is 5.01. The van der Waals surface area contributed by atoms with E-state index in [9.17, 15) is 0 Å². The van der Waals surface area contributed by atoms with Gasteiger partial charge in [-0.2, -0.15) is 0 Å². The lowest BCUT2D eigenvalue weighted by atomic mass is 9.94. The van der Waals surface area contributed by atoms with Gasteiger partial charge in [-0.3, -0.25) is 0 Å². The lowest BCUT2D eigenvalue weighted by molar-refractivity contribution is 0.116. The van der Waals surface area contributed by atoms with Gasteiger partial charge in [0.25, 0.3) is 0 Å². The zero-order chi connectivity index (χ0) is 11.3. The van der Waals surface area contributed by atoms with Crippen molar-refractivity contribution < 1.29 is 5.11 Å². The first-order valence-electron chi connectivity index (χ1n) is 5.45. The Kier molecular flexibility index (Phi) is 4.36. The van der Waals surface area contributed by atoms with Crippen molar-refractivity contribution in [2.75, 3.05) is 26.7 Å². The molecule has 0 bridgehead atoms. The molecule has 1 rings (SSSR count). The molecule has 3 heteroatoms. The predicted octanol–water partition coefficient (Wildman–Crippen LogP) is 1.51. The zero-order valence-electron chi connectivity index (χ0n) is 9.95. The van der Waals surface area contributed by atoms with Gasteiger partial charge in [0, 0.05) is 43.4 Å². The van der Waals surface area contributed by atoms with Gasteiger partial charge in [-0.25, -0.2) is 0 Å². The third kappa shape index (κ3) is 4.49. The average molecular weight is 210 g/mol. The largest absolute Gasteiger partial charge is 0.396 e. The van der Waals surface area contributed by atoms with Gasteiger partial charge in [0.05, 0.1) is 0 Å². The van der Waals surface area contributed by atoms with E-state index in [1.165, 1.54) is 5.69 Å². The first-order chi connectivity index (χ1) is 7.03. The van der Waals surface area contributed by atoms with E-state index in [4.69, 9.17) is 5.11 Å². The summed E-state index contributed by atoms with van der Waals surface area (Å²) in [7, 11) is 2.10. The standard InChI is InChI=1S/C12H22N2O/c1-12(2,10-15)9-14(3)8-6-11-5-4-7-13-11/h4-5,7,13,15H,6,8-10H2,1-3H3. The van der Waals surface area contributed by atoms with Crippen LogP contribution in [0.2, 0.25) is 0 Å². The number of hydrogen-bond donors (Lipinski definition) is 2. The van der Waals surface area contributed by atoms with Crippen molar-refractivity contribution in [1.82, 2.24) is 9.88 Å². The minimum Gasteiger partial charge on any atom is -0.396 e. The molecule has 0 aliphatic rings. The van der Waals surface area contributed by atoms with Crippen molar-refractivity contribution in [2.24, 2.45) is 5.41 Å². The van der Waals surface area contributed by atoms with E-state index in [-0.39, 0.29) is 12.0 Å². The first kappa shape index (κ1) is 12.3. The van der Waals surface area contributed by atoms with Crippen LogP contribution in [-0.2, 0) is 6.42 Å². The third-order valence-corrected chi connectivity index (χ3v) is 2.55. The Morgan fingerprint density at radius 3 is 2.73 bits per heavy atom. The number of aliphatic hydroxyl groups excluding tert-OH is 1. The molecular weight excluding hydrogens is 188 g/mol. The van der Waals surface area contributed by atoms with Gasteiger partial charge in [-0.1, -0.05) is 13.8 Å². The molecule has 0 saturated heterocycles. The molecule has 0 aliphatic heterocycles. The van der Waals surface area contributed by atoms with E-state index in [0.29, 0.717) is 0 Å². The molecule has 1 aromatic rings. The van der Waals surface area contributed by atoms with Gasteiger partial charge in [0.1, 0.15) is 0 Å². The zero-order valence-corrected chi connectivity index (χ0v) is 9.95. The molecule has 0 atom stereocenters. The lowest BCUT2D eigenvalue weighted by Gasteiger charge is -2.28. The smallest absolute Gasteiger partial charge is 0.0494 e. The summed E-state index contributed by atoms with van der Waals surface area (Å²) in [5, 5.41) is 9.16. The summed E-state index contributed by atoms with van der Waals surface area (Å²) in [5.74, 6) is 0. The van der Waals surface area contributed by atoms with Crippen LogP contribution in [0.15, 0.2) is 18.3 Å². The number of aromatic amines is 1. The Bertz CT molecular complexity index is 267. The molecule has 0 saturated carbocycles. The van der Waals surface area contributed by atoms with Crippen LogP contribution in [0.1, 0.15) is 19.5 Å². The second-order valence-electron chi connectivity index (χ2n) is 5.01. The number of nitrogens with one attached hydrogen (secondary N) is 1. The van der Waals surface area contributed by atoms with Crippen molar-refractivity contribution >= 4 is 0 Å². The van der Waals surface area contributed by atoms with Crippen LogP contribution in [0.3, 0.4) is 0 Å². The van der Waals surface area contributed by atoms with E-state index < -0.39 is 0 Å². The van der Waals surface area contributed by atoms with Gasteiger partial charge in [0.15, 0.2) is 0 Å². The Morgan fingerprint density at radius 2 is 2.20 bits per heavy atom. The SMILES string of the molecule is CN(CCc1ccc[nH]1)CC(C)(C)CO. The highest BCUT2D eigenvalue weighted by Gasteiger charge is 2.18. The second kappa shape index (κ2) is 5.33. The Balaban J connectivity index is 2.27. The van der Waals surface area contributed by atoms with Crippen LogP contribution in [0.5, 0.6) is 0 Å². The molecule has 0 unspecified atom stereocenters. The number of aliphatic hydroxyl groups is 1. The molecule has 0 amide bonds. The van der Waals surface area contributed by atoms with Gasteiger partial charge >= 0.3 is 0 Å². The van der Waals surface area contributed by atoms with E-state index >= 15 is 0 Å². The summed E-state index contributed by atoms with van der Waals surface area (Å²) in [6, 6.07) is 4.12. The van der Waals surface area contributed by atoms with Crippen molar-refractivity contribution in [3.63, 3.8) is 0 Å². The molecule has 0 spiro atoms. The summed E-state index contributed by atoms with van der Waals surface area (Å²) in [4.78, 5) is 5.45. The van der Waals surface area contributed by atoms with Crippen molar-refractivity contribution in [3.8, 4) is 0 Å². The fourth-order valence-electron chi connectivity index (χ4n) is 1.69. The number of hydrogen-bond acceptors (Lipinski definition) is 2. The fraction of sp³-hybridized carbons (Fsp3) is 0.667. The minimum atomic E-state index is -0.00944. The average Bonchev–Trinajstić information content (AvgIpc) is 2.66. The van der Waals surface area contributed by atoms with Crippen LogP contribution in [0.4, 0.5) is 0 Å². The molecular formula is C12H22N2O. The summed E-state index contributed by atoms with van der Waals surface area (Å²) >= 11 is 0. The van der Waals surface area contributed by atoms with Crippen molar-refractivity contribution in [1.29, 1.82) is 0 Å². The van der Waals surface area contributed by atoms with E-state index in [1.54, 1.807) is 0 Å². The highest BCUT2D eigenvalue weighted by Crippen LogP contribution is 2.14. The van der Waals surface area contributed by atoms with Crippen LogP contribution in [-0.4, -0.2) is 41.7 Å². The van der Waals surface area contributed by atoms with Crippen LogP contribution in [0.25, 0.3) is 0 Å². The van der Waals surface area contributed by atoms with Crippen LogP contribution >= 0.6 is 0 Å². The van der Waals surface area contributed by atoms with Crippen molar-refractivity contribution in [2.45, 2.75) is 20.3 Å². The van der Waals surface area contributed by atoms with E-state index in [1.807, 2.05) is 12.3 Å². The van der Waals surface area contributed by atoms with Gasteiger partial charge in [-0.05, 0) is 19.2 Å². The number of likely N-dealkylation sites (N-methyl/N-ethyl adjacent to an activating group) is 1. The summed E-state index contributed by atoms with van der Waals surface area (Å²) < 4.78 is 0. The maximum Gasteiger partial charge on any atom is 0.0494 e. The Morgan fingerprint density at radius 1 is 1.47 bits per heavy atom. The molecule has 0 aromatic carbocycles. The highest BCUT2D eigenvalue weighted by atomic mass is 16.3. The van der Waals surface area contributed by atoms with Crippen LogP contribution < -0.4 is 0 Å². The molecule has 3 nitrogen and oxygen atoms in total. The fourth-order valence-corrected chi connectivity index (χ4v) is 1.69. The minimum absolute atomic E-state index is 0.00944. The maximum atomic E-state index is 9.16. The molecule has 15 heavy (non-hydrogen) atoms. The predicted molar refractivity (Wildman–Crippen MR) is 62.9 cm³/mol. The van der Waals surface area contributed by atoms with Crippen molar-refractivity contribution in [3.05, 3.63) is 24.0 Å². The van der Waals surface area contributed by atoms with Gasteiger partial charge < -0.3 is 15.0 Å². The number of aromatic nitrogens is 1. The third-order valence-electron chi connectivity index (χ3n) is 2.55. The number of H-pyrrole nitrogens is 1. The molecule has 86 valence electrons. The van der Waals surface area contributed by atoms with E-state index in [0.717, 1.165) is 19.5 Å². The maximum absolute atomic E-state index is 9.16. The van der Waals surface area contributed by atoms with Gasteiger partial charge in [-0.15, -0.1) is 0 Å². The Hall–Kier alpha value is -0.800. The van der Waals surface area contributed by atoms with Crippen LogP contribution in [0, 0.1) is 5.41 Å². The molecule has 0 aliphatic carbocycles. The first-order valence-corrected chi connectivity index (χ1v) is 5.45. The normalized spacial score (nSPS) is 12.3. The summed E-state index contributed by atoms with van der Waals surface area (Å²) in [5.41, 5.74) is 1.26. The summed E-state index contributed by atoms with van der Waals surface area (Å²) in [6.45, 7) is 6.34. The summed E-state index contributed by atoms with van der Waals surface area (Å²) in [6.07, 6.45) is 2.98. The molecule has 1 heterocycles.